The summed E-state index contributed by atoms with van der Waals surface area (Å²) in [6, 6.07) is 9.89. The van der Waals surface area contributed by atoms with Gasteiger partial charge in [-0.1, -0.05) is 18.2 Å². The van der Waals surface area contributed by atoms with Gasteiger partial charge in [-0.2, -0.15) is 0 Å². The van der Waals surface area contributed by atoms with Crippen LogP contribution in [0.5, 0.6) is 0 Å². The normalized spacial score (nSPS) is 11.2. The van der Waals surface area contributed by atoms with Crippen molar-refractivity contribution in [1.82, 2.24) is 0 Å². The molecule has 9 heteroatoms. The minimum absolute atomic E-state index is 0.266. The van der Waals surface area contributed by atoms with Gasteiger partial charge in [0.15, 0.2) is 0 Å². The van der Waals surface area contributed by atoms with Gasteiger partial charge in [-0.05, 0) is 37.1 Å². The minimum atomic E-state index is -4.18. The molecule has 0 unspecified atom stereocenters. The Labute approximate surface area is 150 Å². The molecule has 0 aliphatic carbocycles. The highest BCUT2D eigenvalue weighted by Gasteiger charge is 2.28. The Balaban J connectivity index is 2.59. The van der Waals surface area contributed by atoms with Crippen molar-refractivity contribution in [3.63, 3.8) is 0 Å². The van der Waals surface area contributed by atoms with Crippen LogP contribution in [-0.2, 0) is 14.8 Å². The Morgan fingerprint density at radius 1 is 1.19 bits per heavy atom. The van der Waals surface area contributed by atoms with Crippen LogP contribution in [0.25, 0.3) is 0 Å². The third-order valence-corrected chi connectivity index (χ3v) is 5.59. The van der Waals surface area contributed by atoms with Gasteiger partial charge in [0.2, 0.25) is 0 Å². The average Bonchev–Trinajstić information content (AvgIpc) is 2.57. The summed E-state index contributed by atoms with van der Waals surface area (Å²) in [4.78, 5) is 21.0. The zero-order chi connectivity index (χ0) is 19.5. The van der Waals surface area contributed by atoms with Gasteiger partial charge in [0.25, 0.3) is 15.7 Å². The van der Waals surface area contributed by atoms with E-state index in [1.807, 2.05) is 6.07 Å². The van der Waals surface area contributed by atoms with Crippen LogP contribution in [0.2, 0.25) is 0 Å². The summed E-state index contributed by atoms with van der Waals surface area (Å²) in [6.45, 7) is 3.22. The van der Waals surface area contributed by atoms with E-state index in [9.17, 15) is 23.3 Å². The number of aliphatic carboxylic acids is 1. The first kappa shape index (κ1) is 19.4. The third kappa shape index (κ3) is 4.17. The van der Waals surface area contributed by atoms with E-state index in [0.29, 0.717) is 11.3 Å². The molecule has 0 fully saturated rings. The fraction of sp³-hybridized carbons (Fsp3) is 0.235. The molecule has 2 aromatic rings. The topological polar surface area (TPSA) is 118 Å². The summed E-state index contributed by atoms with van der Waals surface area (Å²) in [6.07, 6.45) is -0.401. The second-order valence-corrected chi connectivity index (χ2v) is 7.63. The van der Waals surface area contributed by atoms with Gasteiger partial charge in [0, 0.05) is 18.7 Å². The number of rotatable bonds is 7. The quantitative estimate of drug-likeness (QED) is 0.585. The van der Waals surface area contributed by atoms with E-state index in [-0.39, 0.29) is 17.1 Å². The van der Waals surface area contributed by atoms with Gasteiger partial charge < -0.3 is 5.11 Å². The van der Waals surface area contributed by atoms with Crippen molar-refractivity contribution < 1.29 is 23.2 Å². The molecular formula is C17H18N2O6S. The van der Waals surface area contributed by atoms with Crippen molar-refractivity contribution in [1.29, 1.82) is 0 Å². The maximum absolute atomic E-state index is 13.1. The van der Waals surface area contributed by atoms with Gasteiger partial charge >= 0.3 is 5.97 Å². The number of nitro groups is 1. The highest BCUT2D eigenvalue weighted by atomic mass is 32.2. The van der Waals surface area contributed by atoms with Gasteiger partial charge in [-0.15, -0.1) is 0 Å². The molecule has 1 N–H and O–H groups in total. The van der Waals surface area contributed by atoms with Crippen molar-refractivity contribution in [2.24, 2.45) is 0 Å². The molecule has 0 atom stereocenters. The molecule has 0 saturated heterocycles. The van der Waals surface area contributed by atoms with Crippen LogP contribution in [0.4, 0.5) is 11.4 Å². The second-order valence-electron chi connectivity index (χ2n) is 5.77. The number of nitrogens with zero attached hydrogens (tertiary/aromatic N) is 2. The molecule has 2 rings (SSSR count). The van der Waals surface area contributed by atoms with Crippen LogP contribution in [0, 0.1) is 24.0 Å². The molecule has 0 bridgehead atoms. The molecule has 0 radical (unpaired) electrons. The Bertz CT molecular complexity index is 955. The predicted octanol–water partition coefficient (Wildman–Crippen LogP) is 2.88. The fourth-order valence-electron chi connectivity index (χ4n) is 2.44. The molecule has 2 aromatic carbocycles. The lowest BCUT2D eigenvalue weighted by atomic mass is 10.1. The van der Waals surface area contributed by atoms with Crippen molar-refractivity contribution in [3.05, 3.63) is 63.7 Å². The SMILES string of the molecule is Cc1ccc(C)c(N(CCC(=O)O)S(=O)(=O)c2cccc([N+](=O)[O-])c2)c1. The number of hydrogen-bond donors (Lipinski definition) is 1. The molecule has 0 aromatic heterocycles. The third-order valence-electron chi connectivity index (χ3n) is 3.78. The summed E-state index contributed by atoms with van der Waals surface area (Å²) in [5, 5.41) is 19.9. The zero-order valence-corrected chi connectivity index (χ0v) is 15.1. The lowest BCUT2D eigenvalue weighted by molar-refractivity contribution is -0.385. The van der Waals surface area contributed by atoms with Crippen molar-refractivity contribution in [2.45, 2.75) is 25.2 Å². The Morgan fingerprint density at radius 3 is 2.50 bits per heavy atom. The summed E-state index contributed by atoms with van der Waals surface area (Å²) < 4.78 is 27.2. The van der Waals surface area contributed by atoms with Crippen LogP contribution in [-0.4, -0.2) is 31.0 Å². The van der Waals surface area contributed by atoms with E-state index in [4.69, 9.17) is 5.11 Å². The number of non-ortho nitro benzene ring substituents is 1. The first-order chi connectivity index (χ1) is 12.1. The Kier molecular flexibility index (Phi) is 5.61. The number of carboxylic acids is 1. The van der Waals surface area contributed by atoms with Crippen LogP contribution < -0.4 is 4.31 Å². The molecule has 0 aliphatic heterocycles. The van der Waals surface area contributed by atoms with Gasteiger partial charge in [-0.3, -0.25) is 19.2 Å². The Hall–Kier alpha value is -2.94. The molecule has 26 heavy (non-hydrogen) atoms. The molecule has 8 nitrogen and oxygen atoms in total. The largest absolute Gasteiger partial charge is 0.481 e. The van der Waals surface area contributed by atoms with Crippen molar-refractivity contribution in [2.75, 3.05) is 10.8 Å². The lowest BCUT2D eigenvalue weighted by Gasteiger charge is -2.26. The monoisotopic (exact) mass is 378 g/mol. The van der Waals surface area contributed by atoms with Gasteiger partial charge in [-0.25, -0.2) is 8.42 Å². The molecule has 0 saturated carbocycles. The summed E-state index contributed by atoms with van der Waals surface area (Å²) in [7, 11) is -4.18. The van der Waals surface area contributed by atoms with E-state index in [1.54, 1.807) is 26.0 Å². The van der Waals surface area contributed by atoms with Gasteiger partial charge in [0.1, 0.15) is 0 Å². The number of aryl methyl sites for hydroxylation is 2. The number of hydrogen-bond acceptors (Lipinski definition) is 5. The Morgan fingerprint density at radius 2 is 1.88 bits per heavy atom. The number of carboxylic acid groups (broad SMARTS) is 1. The molecule has 0 spiro atoms. The predicted molar refractivity (Wildman–Crippen MR) is 95.8 cm³/mol. The van der Waals surface area contributed by atoms with E-state index < -0.39 is 27.3 Å². The number of benzene rings is 2. The number of nitro benzene ring substituents is 1. The fourth-order valence-corrected chi connectivity index (χ4v) is 4.00. The highest BCUT2D eigenvalue weighted by Crippen LogP contribution is 2.29. The van der Waals surface area contributed by atoms with E-state index >= 15 is 0 Å². The lowest BCUT2D eigenvalue weighted by Crippen LogP contribution is -2.33. The molecule has 0 aliphatic rings. The summed E-state index contributed by atoms with van der Waals surface area (Å²) in [5.41, 5.74) is 1.44. The highest BCUT2D eigenvalue weighted by molar-refractivity contribution is 7.92. The number of carbonyl (C=O) groups is 1. The van der Waals surface area contributed by atoms with Crippen molar-refractivity contribution >= 4 is 27.4 Å². The van der Waals surface area contributed by atoms with Crippen LogP contribution in [0.3, 0.4) is 0 Å². The zero-order valence-electron chi connectivity index (χ0n) is 14.2. The average molecular weight is 378 g/mol. The first-order valence-electron chi connectivity index (χ1n) is 7.69. The minimum Gasteiger partial charge on any atom is -0.481 e. The van der Waals surface area contributed by atoms with Crippen molar-refractivity contribution in [3.8, 4) is 0 Å². The molecule has 138 valence electrons. The van der Waals surface area contributed by atoms with Crippen LogP contribution >= 0.6 is 0 Å². The van der Waals surface area contributed by atoms with E-state index in [0.717, 1.165) is 15.9 Å². The first-order valence-corrected chi connectivity index (χ1v) is 9.13. The van der Waals surface area contributed by atoms with E-state index in [2.05, 4.69) is 0 Å². The van der Waals surface area contributed by atoms with Gasteiger partial charge in [0.05, 0.1) is 21.9 Å². The molecule has 0 heterocycles. The van der Waals surface area contributed by atoms with E-state index in [1.165, 1.54) is 18.2 Å². The van der Waals surface area contributed by atoms with Crippen LogP contribution in [0.15, 0.2) is 47.4 Å². The molecular weight excluding hydrogens is 360 g/mol. The molecule has 0 amide bonds. The summed E-state index contributed by atoms with van der Waals surface area (Å²) >= 11 is 0. The standard InChI is InChI=1S/C17H18N2O6S/c1-12-6-7-13(2)16(10-12)18(9-8-17(20)21)26(24,25)15-5-3-4-14(11-15)19(22)23/h3-7,10-11H,8-9H2,1-2H3,(H,20,21). The number of sulfonamides is 1. The smallest absolute Gasteiger partial charge is 0.305 e. The number of anilines is 1. The summed E-state index contributed by atoms with van der Waals surface area (Å²) in [5.74, 6) is -1.14. The van der Waals surface area contributed by atoms with Crippen LogP contribution in [0.1, 0.15) is 17.5 Å². The maximum atomic E-state index is 13.1. The maximum Gasteiger partial charge on any atom is 0.305 e. The second kappa shape index (κ2) is 7.52.